The summed E-state index contributed by atoms with van der Waals surface area (Å²) >= 11 is 5.97. The molecule has 0 spiro atoms. The van der Waals surface area contributed by atoms with Gasteiger partial charge in [-0.05, 0) is 60.0 Å². The minimum atomic E-state index is -3.98. The van der Waals surface area contributed by atoms with Gasteiger partial charge in [-0.1, -0.05) is 78.3 Å². The molecule has 5 rings (SSSR count). The van der Waals surface area contributed by atoms with Crippen LogP contribution in [-0.2, 0) is 14.8 Å². The van der Waals surface area contributed by atoms with Crippen LogP contribution in [0.4, 0.5) is 5.69 Å². The summed E-state index contributed by atoms with van der Waals surface area (Å²) < 4.78 is 34.5. The third-order valence-corrected chi connectivity index (χ3v) is 8.39. The summed E-state index contributed by atoms with van der Waals surface area (Å²) in [5, 5.41) is 3.54. The number of ether oxygens (including phenoxy) is 1. The van der Waals surface area contributed by atoms with Gasteiger partial charge in [0.1, 0.15) is 5.75 Å². The van der Waals surface area contributed by atoms with Gasteiger partial charge in [-0.15, -0.1) is 0 Å². The molecule has 37 heavy (non-hydrogen) atoms. The van der Waals surface area contributed by atoms with Crippen LogP contribution in [0.5, 0.6) is 5.75 Å². The molecular formula is C29H25ClN2O4S. The predicted octanol–water partition coefficient (Wildman–Crippen LogP) is 5.51. The molecule has 1 heterocycles. The molecule has 6 nitrogen and oxygen atoms in total. The Morgan fingerprint density at radius 2 is 1.57 bits per heavy atom. The molecule has 8 heteroatoms. The summed E-state index contributed by atoms with van der Waals surface area (Å²) in [6, 6.07) is 29.8. The second kappa shape index (κ2) is 10.3. The first-order chi connectivity index (χ1) is 17.8. The number of hydrogen-bond donors (Lipinski definition) is 1. The summed E-state index contributed by atoms with van der Waals surface area (Å²) in [6.45, 7) is 1.81. The zero-order valence-electron chi connectivity index (χ0n) is 20.0. The van der Waals surface area contributed by atoms with E-state index in [4.69, 9.17) is 16.3 Å². The molecular weight excluding hydrogens is 508 g/mol. The van der Waals surface area contributed by atoms with Crippen LogP contribution in [0.15, 0.2) is 108 Å². The van der Waals surface area contributed by atoms with Gasteiger partial charge in [-0.3, -0.25) is 9.10 Å². The van der Waals surface area contributed by atoms with Crippen LogP contribution in [0.25, 0.3) is 0 Å². The monoisotopic (exact) mass is 532 g/mol. The summed E-state index contributed by atoms with van der Waals surface area (Å²) in [6.07, 6.45) is -1.06. The minimum absolute atomic E-state index is 0.0785. The SMILES string of the molecule is Cc1ccccc1[C@H](NC(=O)[C@H]1CN(S(=O)(=O)c2ccc(Cl)cc2)c2ccccc2O1)c1ccccc1. The number of aryl methyl sites for hydroxylation is 1. The van der Waals surface area contributed by atoms with Crippen molar-refractivity contribution < 1.29 is 17.9 Å². The summed E-state index contributed by atoms with van der Waals surface area (Å²) in [5.41, 5.74) is 3.26. The van der Waals surface area contributed by atoms with Crippen LogP contribution in [0.1, 0.15) is 22.7 Å². The van der Waals surface area contributed by atoms with E-state index in [1.807, 2.05) is 61.5 Å². The molecule has 4 aromatic rings. The first-order valence-corrected chi connectivity index (χ1v) is 13.6. The van der Waals surface area contributed by atoms with Crippen molar-refractivity contribution in [3.63, 3.8) is 0 Å². The van der Waals surface area contributed by atoms with Crippen molar-refractivity contribution in [2.75, 3.05) is 10.8 Å². The topological polar surface area (TPSA) is 75.7 Å². The number of carbonyl (C=O) groups excluding carboxylic acids is 1. The average Bonchev–Trinajstić information content (AvgIpc) is 2.92. The lowest BCUT2D eigenvalue weighted by atomic mass is 9.94. The fourth-order valence-electron chi connectivity index (χ4n) is 4.43. The molecule has 1 N–H and O–H groups in total. The van der Waals surface area contributed by atoms with E-state index < -0.39 is 28.1 Å². The Morgan fingerprint density at radius 3 is 2.30 bits per heavy atom. The highest BCUT2D eigenvalue weighted by Crippen LogP contribution is 2.37. The molecule has 1 aliphatic rings. The first kappa shape index (κ1) is 24.9. The number of nitrogens with zero attached hydrogens (tertiary/aromatic N) is 1. The lowest BCUT2D eigenvalue weighted by molar-refractivity contribution is -0.128. The van der Waals surface area contributed by atoms with E-state index in [9.17, 15) is 13.2 Å². The molecule has 0 unspecified atom stereocenters. The van der Waals surface area contributed by atoms with Gasteiger partial charge in [0.25, 0.3) is 15.9 Å². The van der Waals surface area contributed by atoms with Crippen LogP contribution in [0.3, 0.4) is 0 Å². The Hall–Kier alpha value is -3.81. The standard InChI is InChI=1S/C29H25ClN2O4S/c1-20-9-5-6-12-24(20)28(21-10-3-2-4-11-21)31-29(33)27-19-32(25-13-7-8-14-26(25)36-27)37(34,35)23-17-15-22(30)16-18-23/h2-18,27-28H,19H2,1H3,(H,31,33)/t27-,28-/m1/s1. The molecule has 0 saturated carbocycles. The zero-order valence-corrected chi connectivity index (χ0v) is 21.6. The average molecular weight is 533 g/mol. The maximum absolute atomic E-state index is 13.7. The number of rotatable bonds is 6. The van der Waals surface area contributed by atoms with Gasteiger partial charge in [0.05, 0.1) is 23.2 Å². The highest BCUT2D eigenvalue weighted by molar-refractivity contribution is 7.92. The number of halogens is 1. The molecule has 0 fully saturated rings. The van der Waals surface area contributed by atoms with Crippen LogP contribution >= 0.6 is 11.6 Å². The normalized spacial score (nSPS) is 15.8. The van der Waals surface area contributed by atoms with E-state index >= 15 is 0 Å². The van der Waals surface area contributed by atoms with Crippen molar-refractivity contribution in [3.8, 4) is 5.75 Å². The molecule has 4 aromatic carbocycles. The summed E-state index contributed by atoms with van der Waals surface area (Å²) in [5.74, 6) is -0.0958. The number of fused-ring (bicyclic) bond motifs is 1. The van der Waals surface area contributed by atoms with Gasteiger partial charge in [0.15, 0.2) is 6.10 Å². The van der Waals surface area contributed by atoms with Crippen molar-refractivity contribution in [2.45, 2.75) is 24.0 Å². The molecule has 2 atom stereocenters. The third-order valence-electron chi connectivity index (χ3n) is 6.35. The maximum Gasteiger partial charge on any atom is 0.264 e. The first-order valence-electron chi connectivity index (χ1n) is 11.8. The van der Waals surface area contributed by atoms with E-state index in [-0.39, 0.29) is 11.4 Å². The Bertz CT molecular complexity index is 1530. The molecule has 0 radical (unpaired) electrons. The van der Waals surface area contributed by atoms with Crippen LogP contribution in [-0.4, -0.2) is 27.0 Å². The van der Waals surface area contributed by atoms with E-state index in [2.05, 4.69) is 5.32 Å². The zero-order chi connectivity index (χ0) is 26.0. The third kappa shape index (κ3) is 5.05. The van der Waals surface area contributed by atoms with Crippen molar-refractivity contribution in [2.24, 2.45) is 0 Å². The number of hydrogen-bond acceptors (Lipinski definition) is 4. The highest BCUT2D eigenvalue weighted by atomic mass is 35.5. The lowest BCUT2D eigenvalue weighted by Gasteiger charge is -2.35. The second-order valence-electron chi connectivity index (χ2n) is 8.77. The largest absolute Gasteiger partial charge is 0.476 e. The molecule has 1 aliphatic heterocycles. The van der Waals surface area contributed by atoms with Gasteiger partial charge in [-0.25, -0.2) is 8.42 Å². The Labute approximate surface area is 221 Å². The van der Waals surface area contributed by atoms with Gasteiger partial charge >= 0.3 is 0 Å². The number of carbonyl (C=O) groups is 1. The number of anilines is 1. The number of sulfonamides is 1. The number of amides is 1. The van der Waals surface area contributed by atoms with Crippen LogP contribution < -0.4 is 14.4 Å². The highest BCUT2D eigenvalue weighted by Gasteiger charge is 2.38. The van der Waals surface area contributed by atoms with Gasteiger partial charge in [-0.2, -0.15) is 0 Å². The van der Waals surface area contributed by atoms with Gasteiger partial charge in [0, 0.05) is 5.02 Å². The fourth-order valence-corrected chi connectivity index (χ4v) is 6.03. The van der Waals surface area contributed by atoms with Crippen molar-refractivity contribution in [3.05, 3.63) is 125 Å². The quantitative estimate of drug-likeness (QED) is 0.355. The maximum atomic E-state index is 13.7. The fraction of sp³-hybridized carbons (Fsp3) is 0.138. The molecule has 0 saturated heterocycles. The van der Waals surface area contributed by atoms with Crippen LogP contribution in [0.2, 0.25) is 5.02 Å². The molecule has 1 amide bonds. The van der Waals surface area contributed by atoms with Gasteiger partial charge < -0.3 is 10.1 Å². The predicted molar refractivity (Wildman–Crippen MR) is 144 cm³/mol. The van der Waals surface area contributed by atoms with Gasteiger partial charge in [0.2, 0.25) is 0 Å². The molecule has 0 aromatic heterocycles. The van der Waals surface area contributed by atoms with E-state index in [0.717, 1.165) is 16.7 Å². The Morgan fingerprint density at radius 1 is 0.919 bits per heavy atom. The number of para-hydroxylation sites is 2. The summed E-state index contributed by atoms with van der Waals surface area (Å²) in [4.78, 5) is 13.7. The number of benzene rings is 4. The molecule has 0 aliphatic carbocycles. The van der Waals surface area contributed by atoms with E-state index in [0.29, 0.717) is 16.5 Å². The lowest BCUT2D eigenvalue weighted by Crippen LogP contribution is -2.51. The van der Waals surface area contributed by atoms with E-state index in [1.165, 1.54) is 28.6 Å². The van der Waals surface area contributed by atoms with Crippen LogP contribution in [0, 0.1) is 6.92 Å². The minimum Gasteiger partial charge on any atom is -0.476 e. The molecule has 0 bridgehead atoms. The Kier molecular flexibility index (Phi) is 6.91. The number of nitrogens with one attached hydrogen (secondary N) is 1. The smallest absolute Gasteiger partial charge is 0.264 e. The Balaban J connectivity index is 1.49. The molecule has 188 valence electrons. The van der Waals surface area contributed by atoms with Crippen molar-refractivity contribution >= 4 is 33.2 Å². The summed E-state index contributed by atoms with van der Waals surface area (Å²) in [7, 11) is -3.98. The van der Waals surface area contributed by atoms with E-state index in [1.54, 1.807) is 24.3 Å². The van der Waals surface area contributed by atoms with Crippen molar-refractivity contribution in [1.29, 1.82) is 0 Å². The van der Waals surface area contributed by atoms with Crippen molar-refractivity contribution in [1.82, 2.24) is 5.32 Å². The second-order valence-corrected chi connectivity index (χ2v) is 11.1.